The predicted octanol–water partition coefficient (Wildman–Crippen LogP) is 1.74. The SMILES string of the molecule is CCCC(C)CN1CCC(CO)C1. The summed E-state index contributed by atoms with van der Waals surface area (Å²) in [6, 6.07) is 0. The molecule has 0 saturated carbocycles. The predicted molar refractivity (Wildman–Crippen MR) is 55.7 cm³/mol. The zero-order chi connectivity index (χ0) is 9.68. The molecule has 0 aromatic rings. The first-order valence-corrected chi connectivity index (χ1v) is 5.59. The Bertz CT molecular complexity index is 138. The van der Waals surface area contributed by atoms with Crippen molar-refractivity contribution in [2.24, 2.45) is 11.8 Å². The summed E-state index contributed by atoms with van der Waals surface area (Å²) < 4.78 is 0. The summed E-state index contributed by atoms with van der Waals surface area (Å²) in [5.74, 6) is 1.37. The van der Waals surface area contributed by atoms with Crippen molar-refractivity contribution in [3.8, 4) is 0 Å². The second-order valence-electron chi connectivity index (χ2n) is 4.49. The van der Waals surface area contributed by atoms with E-state index in [2.05, 4.69) is 18.7 Å². The van der Waals surface area contributed by atoms with Gasteiger partial charge in [0.05, 0.1) is 0 Å². The highest BCUT2D eigenvalue weighted by Crippen LogP contribution is 2.17. The van der Waals surface area contributed by atoms with Crippen LogP contribution >= 0.6 is 0 Å². The van der Waals surface area contributed by atoms with Crippen LogP contribution in [0.3, 0.4) is 0 Å². The molecule has 2 heteroatoms. The average Bonchev–Trinajstić information content (AvgIpc) is 2.52. The molecule has 78 valence electrons. The Morgan fingerprint density at radius 1 is 1.54 bits per heavy atom. The van der Waals surface area contributed by atoms with Crippen LogP contribution in [0.5, 0.6) is 0 Å². The van der Waals surface area contributed by atoms with Crippen molar-refractivity contribution in [2.45, 2.75) is 33.1 Å². The molecule has 0 aromatic heterocycles. The quantitative estimate of drug-likeness (QED) is 0.705. The van der Waals surface area contributed by atoms with Crippen molar-refractivity contribution in [1.29, 1.82) is 0 Å². The highest BCUT2D eigenvalue weighted by molar-refractivity contribution is 4.75. The van der Waals surface area contributed by atoms with Gasteiger partial charge < -0.3 is 10.0 Å². The van der Waals surface area contributed by atoms with Crippen molar-refractivity contribution in [1.82, 2.24) is 4.90 Å². The molecule has 1 aliphatic heterocycles. The number of aliphatic hydroxyl groups excluding tert-OH is 1. The van der Waals surface area contributed by atoms with E-state index in [1.165, 1.54) is 32.4 Å². The van der Waals surface area contributed by atoms with Gasteiger partial charge in [0, 0.05) is 19.7 Å². The van der Waals surface area contributed by atoms with Gasteiger partial charge in [0.15, 0.2) is 0 Å². The summed E-state index contributed by atoms with van der Waals surface area (Å²) >= 11 is 0. The third kappa shape index (κ3) is 3.65. The van der Waals surface area contributed by atoms with Crippen LogP contribution in [0, 0.1) is 11.8 Å². The normalized spacial score (nSPS) is 26.5. The van der Waals surface area contributed by atoms with Gasteiger partial charge in [-0.3, -0.25) is 0 Å². The molecule has 2 unspecified atom stereocenters. The van der Waals surface area contributed by atoms with E-state index in [0.29, 0.717) is 12.5 Å². The van der Waals surface area contributed by atoms with Crippen LogP contribution in [-0.4, -0.2) is 36.2 Å². The lowest BCUT2D eigenvalue weighted by Crippen LogP contribution is -2.26. The maximum atomic E-state index is 8.99. The van der Waals surface area contributed by atoms with E-state index < -0.39 is 0 Å². The maximum absolute atomic E-state index is 8.99. The summed E-state index contributed by atoms with van der Waals surface area (Å²) in [4.78, 5) is 2.50. The van der Waals surface area contributed by atoms with Crippen LogP contribution < -0.4 is 0 Å². The van der Waals surface area contributed by atoms with E-state index in [1.54, 1.807) is 0 Å². The van der Waals surface area contributed by atoms with Gasteiger partial charge in [-0.05, 0) is 31.2 Å². The molecular weight excluding hydrogens is 162 g/mol. The Labute approximate surface area is 81.9 Å². The minimum Gasteiger partial charge on any atom is -0.396 e. The van der Waals surface area contributed by atoms with E-state index in [9.17, 15) is 0 Å². The molecule has 0 aromatic carbocycles. The Balaban J connectivity index is 2.16. The molecule has 1 N–H and O–H groups in total. The van der Waals surface area contributed by atoms with Crippen LogP contribution in [-0.2, 0) is 0 Å². The van der Waals surface area contributed by atoms with Crippen molar-refractivity contribution in [3.63, 3.8) is 0 Å². The van der Waals surface area contributed by atoms with E-state index in [-0.39, 0.29) is 0 Å². The molecule has 1 heterocycles. The number of hydrogen-bond acceptors (Lipinski definition) is 2. The van der Waals surface area contributed by atoms with E-state index >= 15 is 0 Å². The number of likely N-dealkylation sites (tertiary alicyclic amines) is 1. The van der Waals surface area contributed by atoms with Crippen LogP contribution in [0.4, 0.5) is 0 Å². The molecule has 0 amide bonds. The Morgan fingerprint density at radius 2 is 2.31 bits per heavy atom. The smallest absolute Gasteiger partial charge is 0.0471 e. The minimum absolute atomic E-state index is 0.374. The van der Waals surface area contributed by atoms with Gasteiger partial charge in [0.25, 0.3) is 0 Å². The Kier molecular flexibility index (Phi) is 4.74. The first kappa shape index (κ1) is 11.0. The van der Waals surface area contributed by atoms with Gasteiger partial charge in [-0.2, -0.15) is 0 Å². The van der Waals surface area contributed by atoms with Gasteiger partial charge in [-0.1, -0.05) is 20.3 Å². The fourth-order valence-electron chi connectivity index (χ4n) is 2.25. The van der Waals surface area contributed by atoms with Gasteiger partial charge in [0.2, 0.25) is 0 Å². The fraction of sp³-hybridized carbons (Fsp3) is 1.00. The summed E-state index contributed by atoms with van der Waals surface area (Å²) in [6.45, 7) is 8.49. The topological polar surface area (TPSA) is 23.5 Å². The van der Waals surface area contributed by atoms with Crippen molar-refractivity contribution >= 4 is 0 Å². The number of hydrogen-bond donors (Lipinski definition) is 1. The fourth-order valence-corrected chi connectivity index (χ4v) is 2.25. The Morgan fingerprint density at radius 3 is 2.85 bits per heavy atom. The standard InChI is InChI=1S/C11H23NO/c1-3-4-10(2)7-12-6-5-11(8-12)9-13/h10-11,13H,3-9H2,1-2H3. The van der Waals surface area contributed by atoms with Crippen molar-refractivity contribution in [2.75, 3.05) is 26.2 Å². The number of aliphatic hydroxyl groups is 1. The molecule has 1 rings (SSSR count). The second-order valence-corrected chi connectivity index (χ2v) is 4.49. The van der Waals surface area contributed by atoms with Crippen LogP contribution in [0.1, 0.15) is 33.1 Å². The molecule has 13 heavy (non-hydrogen) atoms. The van der Waals surface area contributed by atoms with Crippen molar-refractivity contribution < 1.29 is 5.11 Å². The van der Waals surface area contributed by atoms with Crippen LogP contribution in [0.15, 0.2) is 0 Å². The first-order chi connectivity index (χ1) is 6.26. The summed E-state index contributed by atoms with van der Waals surface area (Å²) in [5.41, 5.74) is 0. The lowest BCUT2D eigenvalue weighted by atomic mass is 10.1. The zero-order valence-electron chi connectivity index (χ0n) is 9.00. The van der Waals surface area contributed by atoms with Gasteiger partial charge >= 0.3 is 0 Å². The second kappa shape index (κ2) is 5.61. The first-order valence-electron chi connectivity index (χ1n) is 5.59. The van der Waals surface area contributed by atoms with Crippen LogP contribution in [0.25, 0.3) is 0 Å². The van der Waals surface area contributed by atoms with E-state index in [4.69, 9.17) is 5.11 Å². The maximum Gasteiger partial charge on any atom is 0.0471 e. The molecule has 2 atom stereocenters. The third-order valence-corrected chi connectivity index (χ3v) is 2.98. The molecule has 0 aliphatic carbocycles. The largest absolute Gasteiger partial charge is 0.396 e. The lowest BCUT2D eigenvalue weighted by Gasteiger charge is -2.20. The molecular formula is C11H23NO. The average molecular weight is 185 g/mol. The van der Waals surface area contributed by atoms with Gasteiger partial charge in [-0.25, -0.2) is 0 Å². The summed E-state index contributed by atoms with van der Waals surface area (Å²) in [5, 5.41) is 8.99. The van der Waals surface area contributed by atoms with Gasteiger partial charge in [0.1, 0.15) is 0 Å². The third-order valence-electron chi connectivity index (χ3n) is 2.98. The monoisotopic (exact) mass is 185 g/mol. The molecule has 0 radical (unpaired) electrons. The molecule has 1 fully saturated rings. The van der Waals surface area contributed by atoms with Crippen LogP contribution in [0.2, 0.25) is 0 Å². The minimum atomic E-state index is 0.374. The number of rotatable bonds is 5. The lowest BCUT2D eigenvalue weighted by molar-refractivity contribution is 0.213. The highest BCUT2D eigenvalue weighted by atomic mass is 16.3. The van der Waals surface area contributed by atoms with E-state index in [0.717, 1.165) is 12.5 Å². The molecule has 1 aliphatic rings. The summed E-state index contributed by atoms with van der Waals surface area (Å²) in [7, 11) is 0. The van der Waals surface area contributed by atoms with Crippen molar-refractivity contribution in [3.05, 3.63) is 0 Å². The number of nitrogens with zero attached hydrogens (tertiary/aromatic N) is 1. The summed E-state index contributed by atoms with van der Waals surface area (Å²) in [6.07, 6.45) is 3.81. The highest BCUT2D eigenvalue weighted by Gasteiger charge is 2.22. The Hall–Kier alpha value is -0.0800. The van der Waals surface area contributed by atoms with E-state index in [1.807, 2.05) is 0 Å². The van der Waals surface area contributed by atoms with Gasteiger partial charge in [-0.15, -0.1) is 0 Å². The molecule has 0 spiro atoms. The molecule has 0 bridgehead atoms. The molecule has 2 nitrogen and oxygen atoms in total. The zero-order valence-corrected chi connectivity index (χ0v) is 9.00. The molecule has 1 saturated heterocycles.